The van der Waals surface area contributed by atoms with E-state index in [0.717, 1.165) is 25.7 Å². The Morgan fingerprint density at radius 1 is 1.35 bits per heavy atom. The predicted molar refractivity (Wildman–Crippen MR) is 106 cm³/mol. The molecule has 0 aromatic heterocycles. The Labute approximate surface area is 166 Å². The number of nitrogens with zero attached hydrogens (tertiary/aromatic N) is 1. The van der Waals surface area contributed by atoms with Crippen LogP contribution in [0.25, 0.3) is 0 Å². The van der Waals surface area contributed by atoms with Gasteiger partial charge >= 0.3 is 0 Å². The summed E-state index contributed by atoms with van der Waals surface area (Å²) in [5.41, 5.74) is 6.17. The van der Waals surface area contributed by atoms with Crippen molar-refractivity contribution in [1.82, 2.24) is 10.2 Å². The summed E-state index contributed by atoms with van der Waals surface area (Å²) in [6, 6.07) is 6.59. The lowest BCUT2D eigenvalue weighted by Crippen LogP contribution is -2.52. The Kier molecular flexibility index (Phi) is 7.33. The smallest absolute Gasteiger partial charge is 0.254 e. The van der Waals surface area contributed by atoms with Crippen LogP contribution in [0.5, 0.6) is 0 Å². The van der Waals surface area contributed by atoms with Crippen LogP contribution < -0.4 is 11.1 Å². The zero-order valence-corrected chi connectivity index (χ0v) is 16.6. The van der Waals surface area contributed by atoms with Crippen molar-refractivity contribution in [2.24, 2.45) is 11.7 Å². The molecule has 1 aliphatic heterocycles. The molecule has 5 nitrogen and oxygen atoms in total. The lowest BCUT2D eigenvalue weighted by molar-refractivity contribution is -0.125. The number of halogens is 2. The normalized spacial score (nSPS) is 25.8. The maximum atomic E-state index is 13.2. The molecule has 2 fully saturated rings. The third kappa shape index (κ3) is 4.33. The molecule has 2 amide bonds. The number of amides is 2. The van der Waals surface area contributed by atoms with Crippen LogP contribution >= 0.6 is 24.0 Å². The number of hydrogen-bond donors (Lipinski definition) is 2. The lowest BCUT2D eigenvalue weighted by Gasteiger charge is -2.34. The van der Waals surface area contributed by atoms with E-state index in [1.54, 1.807) is 24.3 Å². The maximum absolute atomic E-state index is 13.2. The van der Waals surface area contributed by atoms with Gasteiger partial charge in [0.2, 0.25) is 5.91 Å². The van der Waals surface area contributed by atoms with Crippen molar-refractivity contribution < 1.29 is 9.59 Å². The summed E-state index contributed by atoms with van der Waals surface area (Å²) in [5.74, 6) is 0.209. The van der Waals surface area contributed by atoms with Crippen LogP contribution in [0.4, 0.5) is 0 Å². The molecular formula is C19H27Cl2N3O2. The summed E-state index contributed by atoms with van der Waals surface area (Å²) >= 11 is 6.06. The molecule has 0 bridgehead atoms. The second-order valence-electron chi connectivity index (χ2n) is 7.23. The molecule has 1 aliphatic carbocycles. The third-order valence-electron chi connectivity index (χ3n) is 5.44. The SMILES string of the molecule is C[C@@H](CN)NC(=O)C1CC2CCCCC2N1C(=O)c1cccc(Cl)c1.Cl. The molecule has 1 heterocycles. The highest BCUT2D eigenvalue weighted by Crippen LogP contribution is 2.40. The van der Waals surface area contributed by atoms with Crippen molar-refractivity contribution >= 4 is 35.8 Å². The highest BCUT2D eigenvalue weighted by atomic mass is 35.5. The number of carbonyl (C=O) groups is 2. The van der Waals surface area contributed by atoms with E-state index < -0.39 is 6.04 Å². The summed E-state index contributed by atoms with van der Waals surface area (Å²) in [5, 5.41) is 3.48. The van der Waals surface area contributed by atoms with Gasteiger partial charge in [0.15, 0.2) is 0 Å². The Hall–Kier alpha value is -1.30. The highest BCUT2D eigenvalue weighted by Gasteiger charge is 2.47. The van der Waals surface area contributed by atoms with E-state index in [9.17, 15) is 9.59 Å². The van der Waals surface area contributed by atoms with E-state index in [1.165, 1.54) is 6.42 Å². The van der Waals surface area contributed by atoms with Crippen molar-refractivity contribution in [2.75, 3.05) is 6.54 Å². The zero-order valence-electron chi connectivity index (χ0n) is 15.0. The number of benzene rings is 1. The molecule has 2 aliphatic rings. The average Bonchev–Trinajstić information content (AvgIpc) is 3.00. The molecule has 0 radical (unpaired) electrons. The number of nitrogens with one attached hydrogen (secondary N) is 1. The van der Waals surface area contributed by atoms with Gasteiger partial charge in [0.05, 0.1) is 0 Å². The van der Waals surface area contributed by atoms with E-state index in [1.807, 2.05) is 11.8 Å². The molecule has 3 unspecified atom stereocenters. The van der Waals surface area contributed by atoms with E-state index in [4.69, 9.17) is 17.3 Å². The standard InChI is InChI=1S/C19H26ClN3O2.ClH/c1-12(11-21)22-18(24)17-10-13-5-2-3-8-16(13)23(17)19(25)14-6-4-7-15(20)9-14;/h4,6-7,9,12-13,16-17H,2-3,5,8,10-11,21H2,1H3,(H,22,24);1H/t12-,13?,16?,17?;/m0./s1. The summed E-state index contributed by atoms with van der Waals surface area (Å²) in [7, 11) is 0. The van der Waals surface area contributed by atoms with Gasteiger partial charge in [-0.3, -0.25) is 9.59 Å². The van der Waals surface area contributed by atoms with Gasteiger partial charge in [0, 0.05) is 29.2 Å². The van der Waals surface area contributed by atoms with Gasteiger partial charge in [0.25, 0.3) is 5.91 Å². The highest BCUT2D eigenvalue weighted by molar-refractivity contribution is 6.31. The van der Waals surface area contributed by atoms with Gasteiger partial charge in [-0.05, 0) is 50.3 Å². The molecular weight excluding hydrogens is 373 g/mol. The number of rotatable bonds is 4. The van der Waals surface area contributed by atoms with Crippen LogP contribution in [0.15, 0.2) is 24.3 Å². The molecule has 144 valence electrons. The van der Waals surface area contributed by atoms with Gasteiger partial charge < -0.3 is 16.0 Å². The molecule has 4 atom stereocenters. The quantitative estimate of drug-likeness (QED) is 0.816. The largest absolute Gasteiger partial charge is 0.351 e. The number of nitrogens with two attached hydrogens (primary N) is 1. The topological polar surface area (TPSA) is 75.4 Å². The van der Waals surface area contributed by atoms with Crippen molar-refractivity contribution in [3.8, 4) is 0 Å². The molecule has 0 spiro atoms. The first-order valence-corrected chi connectivity index (χ1v) is 9.47. The Balaban J connectivity index is 0.00000243. The fourth-order valence-corrected chi connectivity index (χ4v) is 4.35. The van der Waals surface area contributed by atoms with Crippen LogP contribution in [0, 0.1) is 5.92 Å². The molecule has 26 heavy (non-hydrogen) atoms. The van der Waals surface area contributed by atoms with Crippen LogP contribution in [-0.4, -0.2) is 41.4 Å². The Bertz CT molecular complexity index is 655. The summed E-state index contributed by atoms with van der Waals surface area (Å²) in [6.07, 6.45) is 5.06. The minimum atomic E-state index is -0.423. The lowest BCUT2D eigenvalue weighted by atomic mass is 9.84. The molecule has 7 heteroatoms. The van der Waals surface area contributed by atoms with Crippen LogP contribution in [0.3, 0.4) is 0 Å². The van der Waals surface area contributed by atoms with Gasteiger partial charge in [-0.15, -0.1) is 12.4 Å². The van der Waals surface area contributed by atoms with E-state index >= 15 is 0 Å². The van der Waals surface area contributed by atoms with Gasteiger partial charge in [-0.25, -0.2) is 0 Å². The molecule has 3 rings (SSSR count). The number of likely N-dealkylation sites (tertiary alicyclic amines) is 1. The molecule has 1 aromatic rings. The minimum absolute atomic E-state index is 0. The Morgan fingerprint density at radius 3 is 2.77 bits per heavy atom. The zero-order chi connectivity index (χ0) is 18.0. The van der Waals surface area contributed by atoms with Crippen molar-refractivity contribution in [3.05, 3.63) is 34.9 Å². The van der Waals surface area contributed by atoms with E-state index in [-0.39, 0.29) is 36.3 Å². The Morgan fingerprint density at radius 2 is 2.08 bits per heavy atom. The summed E-state index contributed by atoms with van der Waals surface area (Å²) in [6.45, 7) is 2.26. The first kappa shape index (κ1) is 21.0. The molecule has 3 N–H and O–H groups in total. The van der Waals surface area contributed by atoms with Gasteiger partial charge in [-0.2, -0.15) is 0 Å². The number of carbonyl (C=O) groups excluding carboxylic acids is 2. The van der Waals surface area contributed by atoms with Crippen LogP contribution in [0.1, 0.15) is 49.4 Å². The maximum Gasteiger partial charge on any atom is 0.254 e. The average molecular weight is 400 g/mol. The molecule has 1 saturated heterocycles. The molecule has 1 saturated carbocycles. The summed E-state index contributed by atoms with van der Waals surface area (Å²) in [4.78, 5) is 27.8. The van der Waals surface area contributed by atoms with Crippen molar-refractivity contribution in [1.29, 1.82) is 0 Å². The van der Waals surface area contributed by atoms with Crippen LogP contribution in [-0.2, 0) is 4.79 Å². The fourth-order valence-electron chi connectivity index (χ4n) is 4.15. The van der Waals surface area contributed by atoms with Crippen molar-refractivity contribution in [3.63, 3.8) is 0 Å². The van der Waals surface area contributed by atoms with E-state index in [2.05, 4.69) is 5.32 Å². The van der Waals surface area contributed by atoms with Gasteiger partial charge in [0.1, 0.15) is 6.04 Å². The van der Waals surface area contributed by atoms with Crippen LogP contribution in [0.2, 0.25) is 5.02 Å². The second-order valence-corrected chi connectivity index (χ2v) is 7.67. The van der Waals surface area contributed by atoms with Gasteiger partial charge in [-0.1, -0.05) is 30.5 Å². The number of hydrogen-bond acceptors (Lipinski definition) is 3. The fraction of sp³-hybridized carbons (Fsp3) is 0.579. The first-order chi connectivity index (χ1) is 12.0. The third-order valence-corrected chi connectivity index (χ3v) is 5.67. The second kappa shape index (κ2) is 9.07. The number of fused-ring (bicyclic) bond motifs is 1. The monoisotopic (exact) mass is 399 g/mol. The predicted octanol–water partition coefficient (Wildman–Crippen LogP) is 3.00. The minimum Gasteiger partial charge on any atom is -0.351 e. The summed E-state index contributed by atoms with van der Waals surface area (Å²) < 4.78 is 0. The van der Waals surface area contributed by atoms with E-state index in [0.29, 0.717) is 23.0 Å². The molecule has 1 aromatic carbocycles. The first-order valence-electron chi connectivity index (χ1n) is 9.10. The van der Waals surface area contributed by atoms with Crippen molar-refractivity contribution in [2.45, 2.75) is 57.2 Å².